The van der Waals surface area contributed by atoms with E-state index in [-0.39, 0.29) is 12.1 Å². The van der Waals surface area contributed by atoms with E-state index in [1.54, 1.807) is 25.4 Å². The van der Waals surface area contributed by atoms with Crippen molar-refractivity contribution >= 4 is 11.7 Å². The lowest BCUT2D eigenvalue weighted by atomic mass is 10.0. The second kappa shape index (κ2) is 7.97. The van der Waals surface area contributed by atoms with Gasteiger partial charge in [0.15, 0.2) is 0 Å². The molecule has 1 aromatic heterocycles. The molecule has 3 aromatic rings. The third-order valence-electron chi connectivity index (χ3n) is 3.75. The number of nitrogens with zero attached hydrogens (tertiary/aromatic N) is 1. The van der Waals surface area contributed by atoms with Crippen LogP contribution in [0.25, 0.3) is 0 Å². The Labute approximate surface area is 146 Å². The number of benzene rings is 2. The van der Waals surface area contributed by atoms with Crippen LogP contribution in [0.15, 0.2) is 79.0 Å². The zero-order chi connectivity index (χ0) is 17.5. The first-order chi connectivity index (χ1) is 12.3. The van der Waals surface area contributed by atoms with Crippen LogP contribution >= 0.6 is 0 Å². The molecule has 1 heterocycles. The second-order valence-corrected chi connectivity index (χ2v) is 5.40. The van der Waals surface area contributed by atoms with Gasteiger partial charge in [-0.3, -0.25) is 4.98 Å². The first-order valence-electron chi connectivity index (χ1n) is 7.94. The fraction of sp³-hybridized carbons (Fsp3) is 0.100. The van der Waals surface area contributed by atoms with Crippen molar-refractivity contribution in [2.45, 2.75) is 6.04 Å². The topological polar surface area (TPSA) is 63.2 Å². The van der Waals surface area contributed by atoms with Crippen LogP contribution in [0.5, 0.6) is 5.75 Å². The smallest absolute Gasteiger partial charge is 0.320 e. The molecule has 0 fully saturated rings. The first kappa shape index (κ1) is 16.5. The standard InChI is InChI=1S/C20H19N3O2/c1-25-18-13-6-5-11-16(18)22-20(24)23-19(15-9-3-2-4-10-15)17-12-7-8-14-21-17/h2-14,19H,1H3,(H2,22,23,24). The summed E-state index contributed by atoms with van der Waals surface area (Å²) in [4.78, 5) is 16.9. The average Bonchev–Trinajstić information content (AvgIpc) is 2.68. The Bertz CT molecular complexity index is 783. The number of carbonyl (C=O) groups is 1. The van der Waals surface area contributed by atoms with Crippen LogP contribution in [-0.4, -0.2) is 18.1 Å². The summed E-state index contributed by atoms with van der Waals surface area (Å²) in [7, 11) is 1.57. The van der Waals surface area contributed by atoms with Gasteiger partial charge in [-0.15, -0.1) is 0 Å². The van der Waals surface area contributed by atoms with Crippen LogP contribution in [-0.2, 0) is 0 Å². The van der Waals surface area contributed by atoms with Gasteiger partial charge in [0.2, 0.25) is 0 Å². The number of urea groups is 1. The van der Waals surface area contributed by atoms with Crippen LogP contribution in [0.2, 0.25) is 0 Å². The highest BCUT2D eigenvalue weighted by molar-refractivity contribution is 5.91. The van der Waals surface area contributed by atoms with Crippen LogP contribution in [0.1, 0.15) is 17.3 Å². The molecule has 126 valence electrons. The molecule has 0 saturated carbocycles. The minimum absolute atomic E-state index is 0.330. The molecule has 1 atom stereocenters. The number of ether oxygens (including phenoxy) is 1. The van der Waals surface area contributed by atoms with Crippen LogP contribution < -0.4 is 15.4 Å². The zero-order valence-electron chi connectivity index (χ0n) is 13.8. The maximum atomic E-state index is 12.5. The third kappa shape index (κ3) is 4.14. The summed E-state index contributed by atoms with van der Waals surface area (Å²) < 4.78 is 5.27. The van der Waals surface area contributed by atoms with Crippen molar-refractivity contribution in [2.24, 2.45) is 0 Å². The Hall–Kier alpha value is -3.34. The maximum absolute atomic E-state index is 12.5. The van der Waals surface area contributed by atoms with Crippen molar-refractivity contribution in [1.29, 1.82) is 0 Å². The number of carbonyl (C=O) groups excluding carboxylic acids is 1. The van der Waals surface area contributed by atoms with E-state index in [4.69, 9.17) is 4.74 Å². The van der Waals surface area contributed by atoms with Gasteiger partial charge in [0, 0.05) is 6.20 Å². The van der Waals surface area contributed by atoms with Crippen molar-refractivity contribution in [3.8, 4) is 5.75 Å². The minimum Gasteiger partial charge on any atom is -0.495 e. The summed E-state index contributed by atoms with van der Waals surface area (Å²) in [5, 5.41) is 5.81. The van der Waals surface area contributed by atoms with E-state index >= 15 is 0 Å². The molecule has 2 aromatic carbocycles. The predicted octanol–water partition coefficient (Wildman–Crippen LogP) is 4.00. The van der Waals surface area contributed by atoms with Crippen molar-refractivity contribution < 1.29 is 9.53 Å². The number of nitrogens with one attached hydrogen (secondary N) is 2. The summed E-state index contributed by atoms with van der Waals surface area (Å²) in [5.41, 5.74) is 2.33. The molecular weight excluding hydrogens is 314 g/mol. The van der Waals surface area contributed by atoms with E-state index < -0.39 is 0 Å². The van der Waals surface area contributed by atoms with Crippen LogP contribution in [0.4, 0.5) is 10.5 Å². The van der Waals surface area contributed by atoms with E-state index in [1.165, 1.54) is 0 Å². The van der Waals surface area contributed by atoms with Gasteiger partial charge in [0.25, 0.3) is 0 Å². The molecule has 0 aliphatic heterocycles. The van der Waals surface area contributed by atoms with Gasteiger partial charge < -0.3 is 15.4 Å². The fourth-order valence-electron chi connectivity index (χ4n) is 2.56. The number of hydrogen-bond donors (Lipinski definition) is 2. The van der Waals surface area contributed by atoms with E-state index in [9.17, 15) is 4.79 Å². The molecule has 3 rings (SSSR count). The maximum Gasteiger partial charge on any atom is 0.320 e. The van der Waals surface area contributed by atoms with Crippen LogP contribution in [0, 0.1) is 0 Å². The lowest BCUT2D eigenvalue weighted by Crippen LogP contribution is -2.33. The number of para-hydroxylation sites is 2. The van der Waals surface area contributed by atoms with E-state index in [0.29, 0.717) is 11.4 Å². The highest BCUT2D eigenvalue weighted by Crippen LogP contribution is 2.24. The summed E-state index contributed by atoms with van der Waals surface area (Å²) >= 11 is 0. The van der Waals surface area contributed by atoms with Gasteiger partial charge in [-0.25, -0.2) is 4.79 Å². The summed E-state index contributed by atoms with van der Waals surface area (Å²) in [6, 6.07) is 22.0. The van der Waals surface area contributed by atoms with Crippen molar-refractivity contribution in [2.75, 3.05) is 12.4 Å². The Morgan fingerprint density at radius 1 is 0.960 bits per heavy atom. The van der Waals surface area contributed by atoms with Gasteiger partial charge in [-0.05, 0) is 29.8 Å². The van der Waals surface area contributed by atoms with E-state index in [2.05, 4.69) is 15.6 Å². The monoisotopic (exact) mass is 333 g/mol. The summed E-state index contributed by atoms with van der Waals surface area (Å²) in [6.45, 7) is 0. The van der Waals surface area contributed by atoms with Gasteiger partial charge in [0.1, 0.15) is 5.75 Å². The molecule has 25 heavy (non-hydrogen) atoms. The lowest BCUT2D eigenvalue weighted by Gasteiger charge is -2.19. The van der Waals surface area contributed by atoms with Gasteiger partial charge >= 0.3 is 6.03 Å². The van der Waals surface area contributed by atoms with Crippen molar-refractivity contribution in [3.63, 3.8) is 0 Å². The molecule has 0 bridgehead atoms. The molecule has 1 unspecified atom stereocenters. The normalized spacial score (nSPS) is 11.4. The number of rotatable bonds is 5. The largest absolute Gasteiger partial charge is 0.495 e. The molecule has 5 nitrogen and oxygen atoms in total. The number of aromatic nitrogens is 1. The number of methoxy groups -OCH3 is 1. The number of anilines is 1. The summed E-state index contributed by atoms with van der Waals surface area (Å²) in [6.07, 6.45) is 1.71. The quantitative estimate of drug-likeness (QED) is 0.742. The Morgan fingerprint density at radius 2 is 1.68 bits per heavy atom. The Morgan fingerprint density at radius 3 is 2.40 bits per heavy atom. The molecule has 0 spiro atoms. The molecular formula is C20H19N3O2. The van der Waals surface area contributed by atoms with Gasteiger partial charge in [0.05, 0.1) is 24.5 Å². The first-order valence-corrected chi connectivity index (χ1v) is 7.94. The highest BCUT2D eigenvalue weighted by Gasteiger charge is 2.18. The fourth-order valence-corrected chi connectivity index (χ4v) is 2.56. The zero-order valence-corrected chi connectivity index (χ0v) is 13.8. The Balaban J connectivity index is 1.82. The molecule has 0 saturated heterocycles. The predicted molar refractivity (Wildman–Crippen MR) is 97.7 cm³/mol. The Kier molecular flexibility index (Phi) is 5.26. The van der Waals surface area contributed by atoms with Crippen LogP contribution in [0.3, 0.4) is 0 Å². The van der Waals surface area contributed by atoms with Gasteiger partial charge in [-0.1, -0.05) is 48.5 Å². The second-order valence-electron chi connectivity index (χ2n) is 5.40. The minimum atomic E-state index is -0.350. The van der Waals surface area contributed by atoms with Gasteiger partial charge in [-0.2, -0.15) is 0 Å². The molecule has 0 aliphatic rings. The van der Waals surface area contributed by atoms with E-state index in [0.717, 1.165) is 11.3 Å². The lowest BCUT2D eigenvalue weighted by molar-refractivity contribution is 0.249. The highest BCUT2D eigenvalue weighted by atomic mass is 16.5. The molecule has 5 heteroatoms. The molecule has 2 N–H and O–H groups in total. The number of hydrogen-bond acceptors (Lipinski definition) is 3. The SMILES string of the molecule is COc1ccccc1NC(=O)NC(c1ccccc1)c1ccccn1. The van der Waals surface area contributed by atoms with Crippen molar-refractivity contribution in [3.05, 3.63) is 90.3 Å². The number of amides is 2. The molecule has 2 amide bonds. The molecule has 0 aliphatic carbocycles. The average molecular weight is 333 g/mol. The van der Waals surface area contributed by atoms with E-state index in [1.807, 2.05) is 60.7 Å². The van der Waals surface area contributed by atoms with Crippen molar-refractivity contribution in [1.82, 2.24) is 10.3 Å². The summed E-state index contributed by atoms with van der Waals surface area (Å²) in [5.74, 6) is 0.603. The third-order valence-corrected chi connectivity index (χ3v) is 3.75. The number of pyridine rings is 1. The molecule has 0 radical (unpaired) electrons.